The van der Waals surface area contributed by atoms with Crippen LogP contribution in [0.1, 0.15) is 61.6 Å². The fourth-order valence-electron chi connectivity index (χ4n) is 3.67. The molecular formula is C20H28N2O2. The number of hydrogen-bond acceptors (Lipinski definition) is 4. The zero-order chi connectivity index (χ0) is 17.0. The normalized spacial score (nSPS) is 17.5. The van der Waals surface area contributed by atoms with Gasteiger partial charge in [-0.1, -0.05) is 43.7 Å². The molecule has 1 fully saturated rings. The lowest BCUT2D eigenvalue weighted by atomic mass is 9.63. The standard InChI is InChI=1S/C20H28N2O2/c1-3-8-18-22-15(2)17(24-18)13-21-19(16-9-5-4-6-10-16)20(14-23)11-7-12-20/h4-6,9-10,19,21,23H,3,7-8,11-14H2,1-2H3/t19-/m1/s1. The fourth-order valence-corrected chi connectivity index (χ4v) is 3.67. The number of aromatic nitrogens is 1. The van der Waals surface area contributed by atoms with Crippen molar-refractivity contribution >= 4 is 0 Å². The molecule has 0 spiro atoms. The second-order valence-electron chi connectivity index (χ2n) is 6.96. The Balaban J connectivity index is 1.78. The van der Waals surface area contributed by atoms with E-state index in [9.17, 15) is 5.11 Å². The largest absolute Gasteiger partial charge is 0.444 e. The number of hydrogen-bond donors (Lipinski definition) is 2. The zero-order valence-electron chi connectivity index (χ0n) is 14.7. The Morgan fingerprint density at radius 1 is 1.29 bits per heavy atom. The van der Waals surface area contributed by atoms with Gasteiger partial charge in [0.2, 0.25) is 0 Å². The van der Waals surface area contributed by atoms with Gasteiger partial charge in [0.1, 0.15) is 5.76 Å². The van der Waals surface area contributed by atoms with Gasteiger partial charge >= 0.3 is 0 Å². The van der Waals surface area contributed by atoms with Crippen LogP contribution in [0.15, 0.2) is 34.7 Å². The van der Waals surface area contributed by atoms with Crippen LogP contribution < -0.4 is 5.32 Å². The molecule has 1 aromatic carbocycles. The quantitative estimate of drug-likeness (QED) is 0.771. The minimum absolute atomic E-state index is 0.0540. The maximum Gasteiger partial charge on any atom is 0.194 e. The van der Waals surface area contributed by atoms with Gasteiger partial charge in [0, 0.05) is 17.9 Å². The van der Waals surface area contributed by atoms with Crippen molar-refractivity contribution in [1.82, 2.24) is 10.3 Å². The minimum Gasteiger partial charge on any atom is -0.444 e. The number of nitrogens with zero attached hydrogens (tertiary/aromatic N) is 1. The van der Waals surface area contributed by atoms with Gasteiger partial charge in [-0.25, -0.2) is 4.98 Å². The summed E-state index contributed by atoms with van der Waals surface area (Å²) in [6.07, 6.45) is 5.23. The first kappa shape index (κ1) is 17.2. The average molecular weight is 328 g/mol. The van der Waals surface area contributed by atoms with Gasteiger partial charge in [0.25, 0.3) is 0 Å². The highest BCUT2D eigenvalue weighted by molar-refractivity contribution is 5.23. The first-order valence-corrected chi connectivity index (χ1v) is 9.03. The molecule has 4 heteroatoms. The number of rotatable bonds is 8. The second kappa shape index (κ2) is 7.49. The summed E-state index contributed by atoms with van der Waals surface area (Å²) < 4.78 is 5.90. The van der Waals surface area contributed by atoms with Crippen molar-refractivity contribution in [2.45, 2.75) is 58.5 Å². The molecule has 0 aliphatic heterocycles. The van der Waals surface area contributed by atoms with Crippen molar-refractivity contribution < 1.29 is 9.52 Å². The van der Waals surface area contributed by atoms with Gasteiger partial charge in [-0.05, 0) is 31.7 Å². The van der Waals surface area contributed by atoms with Crippen LogP contribution in [-0.2, 0) is 13.0 Å². The molecule has 0 amide bonds. The Morgan fingerprint density at radius 2 is 2.04 bits per heavy atom. The van der Waals surface area contributed by atoms with Crippen molar-refractivity contribution in [2.24, 2.45) is 5.41 Å². The molecule has 0 unspecified atom stereocenters. The van der Waals surface area contributed by atoms with E-state index in [1.807, 2.05) is 13.0 Å². The van der Waals surface area contributed by atoms with Crippen LogP contribution in [0.5, 0.6) is 0 Å². The van der Waals surface area contributed by atoms with E-state index in [0.717, 1.165) is 43.0 Å². The summed E-state index contributed by atoms with van der Waals surface area (Å²) in [6, 6.07) is 10.6. The van der Waals surface area contributed by atoms with Crippen LogP contribution in [0.3, 0.4) is 0 Å². The predicted octanol–water partition coefficient (Wildman–Crippen LogP) is 3.93. The molecule has 1 heterocycles. The van der Waals surface area contributed by atoms with E-state index in [1.165, 1.54) is 12.0 Å². The highest BCUT2D eigenvalue weighted by atomic mass is 16.4. The van der Waals surface area contributed by atoms with Crippen LogP contribution in [0.2, 0.25) is 0 Å². The minimum atomic E-state index is -0.0540. The Kier molecular flexibility index (Phi) is 5.36. The summed E-state index contributed by atoms with van der Waals surface area (Å²) in [7, 11) is 0. The number of aliphatic hydroxyl groups excluding tert-OH is 1. The highest BCUT2D eigenvalue weighted by Crippen LogP contribution is 2.50. The third kappa shape index (κ3) is 3.40. The molecule has 1 aliphatic rings. The first-order valence-electron chi connectivity index (χ1n) is 9.03. The van der Waals surface area contributed by atoms with Crippen LogP contribution in [-0.4, -0.2) is 16.7 Å². The molecule has 130 valence electrons. The molecule has 1 aliphatic carbocycles. The average Bonchev–Trinajstić information content (AvgIpc) is 2.91. The molecule has 1 aromatic heterocycles. The lowest BCUT2D eigenvalue weighted by molar-refractivity contribution is 0.00401. The van der Waals surface area contributed by atoms with Crippen molar-refractivity contribution in [3.63, 3.8) is 0 Å². The molecular weight excluding hydrogens is 300 g/mol. The maximum absolute atomic E-state index is 10.0. The van der Waals surface area contributed by atoms with E-state index >= 15 is 0 Å². The lowest BCUT2D eigenvalue weighted by Crippen LogP contribution is -2.45. The van der Waals surface area contributed by atoms with Gasteiger partial charge < -0.3 is 14.8 Å². The summed E-state index contributed by atoms with van der Waals surface area (Å²) >= 11 is 0. The summed E-state index contributed by atoms with van der Waals surface area (Å²) in [6.45, 7) is 4.99. The highest BCUT2D eigenvalue weighted by Gasteiger charge is 2.44. The Hall–Kier alpha value is -1.65. The SMILES string of the molecule is CCCc1nc(C)c(CN[C@H](c2ccccc2)C2(CO)CCC2)o1. The summed E-state index contributed by atoms with van der Waals surface area (Å²) in [4.78, 5) is 4.51. The molecule has 0 bridgehead atoms. The summed E-state index contributed by atoms with van der Waals surface area (Å²) in [5.41, 5.74) is 2.14. The molecule has 2 N–H and O–H groups in total. The smallest absolute Gasteiger partial charge is 0.194 e. The summed E-state index contributed by atoms with van der Waals surface area (Å²) in [5, 5.41) is 13.7. The summed E-state index contributed by atoms with van der Waals surface area (Å²) in [5.74, 6) is 1.73. The van der Waals surface area contributed by atoms with E-state index < -0.39 is 0 Å². The fraction of sp³-hybridized carbons (Fsp3) is 0.550. The molecule has 3 rings (SSSR count). The van der Waals surface area contributed by atoms with E-state index in [2.05, 4.69) is 41.5 Å². The topological polar surface area (TPSA) is 58.3 Å². The van der Waals surface area contributed by atoms with Gasteiger partial charge in [-0.15, -0.1) is 0 Å². The molecule has 0 radical (unpaired) electrons. The second-order valence-corrected chi connectivity index (χ2v) is 6.96. The molecule has 4 nitrogen and oxygen atoms in total. The van der Waals surface area contributed by atoms with E-state index in [4.69, 9.17) is 4.42 Å². The monoisotopic (exact) mass is 328 g/mol. The van der Waals surface area contributed by atoms with Crippen LogP contribution in [0.4, 0.5) is 0 Å². The van der Waals surface area contributed by atoms with Crippen LogP contribution in [0.25, 0.3) is 0 Å². The third-order valence-electron chi connectivity index (χ3n) is 5.28. The van der Waals surface area contributed by atoms with Gasteiger partial charge in [0.15, 0.2) is 5.89 Å². The molecule has 1 atom stereocenters. The van der Waals surface area contributed by atoms with E-state index in [0.29, 0.717) is 6.54 Å². The molecule has 24 heavy (non-hydrogen) atoms. The van der Waals surface area contributed by atoms with Crippen molar-refractivity contribution in [3.05, 3.63) is 53.2 Å². The Labute approximate surface area is 144 Å². The van der Waals surface area contributed by atoms with E-state index in [1.54, 1.807) is 0 Å². The number of aliphatic hydroxyl groups is 1. The lowest BCUT2D eigenvalue weighted by Gasteiger charge is -2.47. The number of aryl methyl sites for hydroxylation is 2. The number of oxazole rings is 1. The maximum atomic E-state index is 10.0. The third-order valence-corrected chi connectivity index (χ3v) is 5.28. The Morgan fingerprint density at radius 3 is 2.62 bits per heavy atom. The first-order chi connectivity index (χ1) is 11.7. The van der Waals surface area contributed by atoms with Gasteiger partial charge in [0.05, 0.1) is 18.8 Å². The van der Waals surface area contributed by atoms with Crippen LogP contribution in [0, 0.1) is 12.3 Å². The number of benzene rings is 1. The van der Waals surface area contributed by atoms with Gasteiger partial charge in [-0.2, -0.15) is 0 Å². The number of nitrogens with one attached hydrogen (secondary N) is 1. The molecule has 2 aromatic rings. The van der Waals surface area contributed by atoms with E-state index in [-0.39, 0.29) is 18.1 Å². The van der Waals surface area contributed by atoms with Gasteiger partial charge in [-0.3, -0.25) is 0 Å². The predicted molar refractivity (Wildman–Crippen MR) is 94.6 cm³/mol. The van der Waals surface area contributed by atoms with Crippen molar-refractivity contribution in [3.8, 4) is 0 Å². The van der Waals surface area contributed by atoms with Crippen LogP contribution >= 0.6 is 0 Å². The molecule has 1 saturated carbocycles. The van der Waals surface area contributed by atoms with Crippen molar-refractivity contribution in [1.29, 1.82) is 0 Å². The van der Waals surface area contributed by atoms with Crippen molar-refractivity contribution in [2.75, 3.05) is 6.61 Å². The zero-order valence-corrected chi connectivity index (χ0v) is 14.7. The Bertz CT molecular complexity index is 641. The molecule has 0 saturated heterocycles.